The molecule has 1 atom stereocenters. The number of nitrogens with zero attached hydrogens (tertiary/aromatic N) is 1. The second-order valence-electron chi connectivity index (χ2n) is 6.21. The number of halogens is 1. The average molecular weight is 354 g/mol. The average Bonchev–Trinajstić information content (AvgIpc) is 2.87. The molecule has 6 heteroatoms. The van der Waals surface area contributed by atoms with Crippen molar-refractivity contribution in [2.45, 2.75) is 26.2 Å². The molecule has 0 spiro atoms. The van der Waals surface area contributed by atoms with E-state index in [9.17, 15) is 19.1 Å². The fourth-order valence-corrected chi connectivity index (χ4v) is 3.43. The fraction of sp³-hybridized carbons (Fsp3) is 0.200. The molecule has 1 aromatic heterocycles. The number of nitrogens with two attached hydrogens (primary N) is 1. The van der Waals surface area contributed by atoms with E-state index in [0.717, 1.165) is 0 Å². The first-order valence-corrected chi connectivity index (χ1v) is 8.28. The van der Waals surface area contributed by atoms with Gasteiger partial charge >= 0.3 is 0 Å². The number of hydrogen-bond acceptors (Lipinski definition) is 3. The number of fused-ring (bicyclic) bond motifs is 1. The van der Waals surface area contributed by atoms with Gasteiger partial charge in [0.25, 0.3) is 5.91 Å². The van der Waals surface area contributed by atoms with Gasteiger partial charge in [-0.05, 0) is 55.3 Å². The van der Waals surface area contributed by atoms with Crippen molar-refractivity contribution in [2.24, 2.45) is 5.73 Å². The highest BCUT2D eigenvalue weighted by Gasteiger charge is 2.27. The first kappa shape index (κ1) is 17.7. The Morgan fingerprint density at radius 2 is 1.96 bits per heavy atom. The Kier molecular flexibility index (Phi) is 4.50. The van der Waals surface area contributed by atoms with E-state index in [1.807, 2.05) is 6.92 Å². The first-order valence-electron chi connectivity index (χ1n) is 8.28. The number of benzene rings is 2. The number of phenolic OH excluding ortho intramolecular Hbond substituents is 1. The molecular formula is C20H19FN2O3. The van der Waals surface area contributed by atoms with Crippen LogP contribution in [0.25, 0.3) is 10.9 Å². The molecule has 0 saturated heterocycles. The summed E-state index contributed by atoms with van der Waals surface area (Å²) in [7, 11) is 0. The van der Waals surface area contributed by atoms with Crippen LogP contribution in [-0.2, 0) is 4.79 Å². The summed E-state index contributed by atoms with van der Waals surface area (Å²) in [6, 6.07) is 10.0. The van der Waals surface area contributed by atoms with Gasteiger partial charge < -0.3 is 10.8 Å². The Bertz CT molecular complexity index is 1020. The summed E-state index contributed by atoms with van der Waals surface area (Å²) in [6.45, 7) is 3.55. The minimum Gasteiger partial charge on any atom is -0.508 e. The van der Waals surface area contributed by atoms with Gasteiger partial charge in [0.2, 0.25) is 5.91 Å². The molecule has 1 heterocycles. The lowest BCUT2D eigenvalue weighted by atomic mass is 9.93. The molecule has 0 fully saturated rings. The van der Waals surface area contributed by atoms with Gasteiger partial charge in [0.15, 0.2) is 0 Å². The molecule has 2 aromatic carbocycles. The van der Waals surface area contributed by atoms with E-state index in [1.165, 1.54) is 41.0 Å². The van der Waals surface area contributed by atoms with Crippen LogP contribution in [-0.4, -0.2) is 21.5 Å². The lowest BCUT2D eigenvalue weighted by Gasteiger charge is -2.12. The van der Waals surface area contributed by atoms with Crippen LogP contribution < -0.4 is 5.73 Å². The van der Waals surface area contributed by atoms with Crippen molar-refractivity contribution in [3.05, 3.63) is 65.1 Å². The predicted octanol–water partition coefficient (Wildman–Crippen LogP) is 3.46. The maximum absolute atomic E-state index is 13.5. The summed E-state index contributed by atoms with van der Waals surface area (Å²) >= 11 is 0. The van der Waals surface area contributed by atoms with Gasteiger partial charge in [0.05, 0.1) is 11.4 Å². The number of amides is 1. The molecule has 0 aliphatic carbocycles. The van der Waals surface area contributed by atoms with E-state index in [2.05, 4.69) is 0 Å². The predicted molar refractivity (Wildman–Crippen MR) is 96.7 cm³/mol. The monoisotopic (exact) mass is 354 g/mol. The molecule has 1 unspecified atom stereocenters. The standard InChI is InChI=1S/C20H19FN2O3/c1-3-15(19(22)25)18-11(2)23(17-8-7-14(24)10-16(17)18)20(26)12-5-4-6-13(21)9-12/h4-10,15,24H,3H2,1-2H3,(H2,22,25). The summed E-state index contributed by atoms with van der Waals surface area (Å²) in [5, 5.41) is 10.5. The molecule has 0 bridgehead atoms. The fourth-order valence-electron chi connectivity index (χ4n) is 3.43. The van der Waals surface area contributed by atoms with Crippen LogP contribution in [0.4, 0.5) is 4.39 Å². The molecule has 0 radical (unpaired) electrons. The van der Waals surface area contributed by atoms with Gasteiger partial charge in [-0.25, -0.2) is 4.39 Å². The zero-order valence-corrected chi connectivity index (χ0v) is 14.5. The lowest BCUT2D eigenvalue weighted by molar-refractivity contribution is -0.119. The number of hydrogen-bond donors (Lipinski definition) is 2. The van der Waals surface area contributed by atoms with Crippen molar-refractivity contribution in [3.8, 4) is 5.75 Å². The van der Waals surface area contributed by atoms with E-state index in [-0.39, 0.29) is 11.3 Å². The molecule has 5 nitrogen and oxygen atoms in total. The summed E-state index contributed by atoms with van der Waals surface area (Å²) in [5.74, 6) is -2.00. The van der Waals surface area contributed by atoms with Crippen molar-refractivity contribution in [1.29, 1.82) is 0 Å². The SMILES string of the molecule is CCC(C(N)=O)c1c(C)n(C(=O)c2cccc(F)c2)c2ccc(O)cc12. The highest BCUT2D eigenvalue weighted by molar-refractivity contribution is 6.05. The Morgan fingerprint density at radius 3 is 2.58 bits per heavy atom. The van der Waals surface area contributed by atoms with E-state index in [0.29, 0.717) is 28.6 Å². The number of carbonyl (C=O) groups is 2. The first-order chi connectivity index (χ1) is 12.3. The highest BCUT2D eigenvalue weighted by Crippen LogP contribution is 2.35. The second kappa shape index (κ2) is 6.63. The van der Waals surface area contributed by atoms with Gasteiger partial charge in [-0.3, -0.25) is 14.2 Å². The van der Waals surface area contributed by atoms with Crippen LogP contribution in [0.1, 0.15) is 40.9 Å². The van der Waals surface area contributed by atoms with Gasteiger partial charge in [-0.1, -0.05) is 13.0 Å². The van der Waals surface area contributed by atoms with Gasteiger partial charge in [-0.15, -0.1) is 0 Å². The number of aromatic nitrogens is 1. The number of rotatable bonds is 4. The minimum atomic E-state index is -0.596. The smallest absolute Gasteiger partial charge is 0.262 e. The number of aromatic hydroxyl groups is 1. The van der Waals surface area contributed by atoms with E-state index in [1.54, 1.807) is 13.0 Å². The number of carbonyl (C=O) groups excluding carboxylic acids is 2. The molecule has 1 amide bonds. The summed E-state index contributed by atoms with van der Waals surface area (Å²) in [5.41, 5.74) is 7.43. The van der Waals surface area contributed by atoms with Crippen LogP contribution in [0.3, 0.4) is 0 Å². The van der Waals surface area contributed by atoms with Gasteiger partial charge in [-0.2, -0.15) is 0 Å². The molecule has 3 aromatic rings. The lowest BCUT2D eigenvalue weighted by Crippen LogP contribution is -2.22. The van der Waals surface area contributed by atoms with Gasteiger partial charge in [0.1, 0.15) is 11.6 Å². The third kappa shape index (κ3) is 2.83. The molecule has 0 aliphatic rings. The molecule has 134 valence electrons. The van der Waals surface area contributed by atoms with Crippen LogP contribution >= 0.6 is 0 Å². The van der Waals surface area contributed by atoms with Crippen molar-refractivity contribution >= 4 is 22.7 Å². The zero-order valence-electron chi connectivity index (χ0n) is 14.5. The zero-order chi connectivity index (χ0) is 19.0. The van der Waals surface area contributed by atoms with Crippen LogP contribution in [0, 0.1) is 12.7 Å². The molecule has 0 aliphatic heterocycles. The molecule has 3 N–H and O–H groups in total. The van der Waals surface area contributed by atoms with E-state index < -0.39 is 23.5 Å². The van der Waals surface area contributed by atoms with Crippen LogP contribution in [0.5, 0.6) is 5.75 Å². The van der Waals surface area contributed by atoms with Crippen molar-refractivity contribution in [1.82, 2.24) is 4.57 Å². The van der Waals surface area contributed by atoms with Crippen LogP contribution in [0.15, 0.2) is 42.5 Å². The third-order valence-corrected chi connectivity index (χ3v) is 4.61. The maximum Gasteiger partial charge on any atom is 0.262 e. The molecular weight excluding hydrogens is 335 g/mol. The Labute approximate surface area is 149 Å². The minimum absolute atomic E-state index is 0.0217. The summed E-state index contributed by atoms with van der Waals surface area (Å²) in [6.07, 6.45) is 0.457. The number of primary amides is 1. The summed E-state index contributed by atoms with van der Waals surface area (Å²) < 4.78 is 15.0. The molecule has 26 heavy (non-hydrogen) atoms. The largest absolute Gasteiger partial charge is 0.508 e. The van der Waals surface area contributed by atoms with Crippen molar-refractivity contribution < 1.29 is 19.1 Å². The topological polar surface area (TPSA) is 85.3 Å². The Morgan fingerprint density at radius 1 is 1.23 bits per heavy atom. The van der Waals surface area contributed by atoms with E-state index in [4.69, 9.17) is 5.73 Å². The quantitative estimate of drug-likeness (QED) is 0.752. The third-order valence-electron chi connectivity index (χ3n) is 4.61. The summed E-state index contributed by atoms with van der Waals surface area (Å²) in [4.78, 5) is 25.0. The molecule has 0 saturated carbocycles. The second-order valence-corrected chi connectivity index (χ2v) is 6.21. The maximum atomic E-state index is 13.5. The normalized spacial score (nSPS) is 12.3. The Hall–Kier alpha value is -3.15. The van der Waals surface area contributed by atoms with Crippen molar-refractivity contribution in [3.63, 3.8) is 0 Å². The van der Waals surface area contributed by atoms with Gasteiger partial charge in [0, 0.05) is 16.6 Å². The molecule has 3 rings (SSSR count). The van der Waals surface area contributed by atoms with Crippen molar-refractivity contribution in [2.75, 3.05) is 0 Å². The number of phenols is 1. The van der Waals surface area contributed by atoms with Crippen LogP contribution in [0.2, 0.25) is 0 Å². The highest BCUT2D eigenvalue weighted by atomic mass is 19.1. The Balaban J connectivity index is 2.31. The van der Waals surface area contributed by atoms with E-state index >= 15 is 0 Å².